The largest absolute Gasteiger partial charge is 0.459 e. The Hall–Kier alpha value is -4.07. The van der Waals surface area contributed by atoms with E-state index in [9.17, 15) is 9.59 Å². The second-order valence-electron chi connectivity index (χ2n) is 7.11. The summed E-state index contributed by atoms with van der Waals surface area (Å²) in [6.45, 7) is 1.20. The highest BCUT2D eigenvalue weighted by atomic mass is 16.3. The van der Waals surface area contributed by atoms with Crippen LogP contribution in [0.25, 0.3) is 17.0 Å². The maximum atomic E-state index is 12.9. The quantitative estimate of drug-likeness (QED) is 0.340. The number of para-hydroxylation sites is 1. The average molecular weight is 417 g/mol. The molecule has 4 rings (SSSR count). The lowest BCUT2D eigenvalue weighted by atomic mass is 10.1. The topological polar surface area (TPSA) is 94.1 Å². The van der Waals surface area contributed by atoms with Crippen molar-refractivity contribution < 1.29 is 14.0 Å². The summed E-state index contributed by atoms with van der Waals surface area (Å²) in [7, 11) is 1.94. The van der Waals surface area contributed by atoms with Gasteiger partial charge in [-0.3, -0.25) is 9.59 Å². The summed E-state index contributed by atoms with van der Waals surface area (Å²) in [5.74, 6) is -0.708. The van der Waals surface area contributed by atoms with Crippen molar-refractivity contribution in [2.75, 3.05) is 6.54 Å². The molecule has 0 saturated carbocycles. The molecule has 0 unspecified atom stereocenters. The normalized spacial score (nSPS) is 11.6. The highest BCUT2D eigenvalue weighted by Crippen LogP contribution is 2.22. The number of fused-ring (bicyclic) bond motifs is 1. The predicted molar refractivity (Wildman–Crippen MR) is 117 cm³/mol. The van der Waals surface area contributed by atoms with Gasteiger partial charge in [0.1, 0.15) is 5.70 Å². The van der Waals surface area contributed by atoms with E-state index in [2.05, 4.69) is 15.6 Å². The van der Waals surface area contributed by atoms with Crippen molar-refractivity contribution in [3.63, 3.8) is 0 Å². The molecule has 0 fully saturated rings. The lowest BCUT2D eigenvalue weighted by Gasteiger charge is -2.10. The van der Waals surface area contributed by atoms with Gasteiger partial charge in [0.25, 0.3) is 11.8 Å². The summed E-state index contributed by atoms with van der Waals surface area (Å²) < 4.78 is 9.08. The van der Waals surface area contributed by atoms with Crippen LogP contribution in [0.4, 0.5) is 0 Å². The third kappa shape index (κ3) is 4.75. The van der Waals surface area contributed by atoms with Crippen molar-refractivity contribution in [1.29, 1.82) is 0 Å². The fraction of sp³-hybridized carbons (Fsp3) is 0.174. The summed E-state index contributed by atoms with van der Waals surface area (Å²) in [4.78, 5) is 29.4. The number of aryl methyl sites for hydroxylation is 2. The Kier molecular flexibility index (Phi) is 5.98. The molecule has 158 valence electrons. The van der Waals surface area contributed by atoms with E-state index in [1.165, 1.54) is 6.26 Å². The fourth-order valence-corrected chi connectivity index (χ4v) is 3.37. The molecule has 3 aromatic heterocycles. The molecule has 0 spiro atoms. The number of nitrogens with zero attached hydrogens (tertiary/aromatic N) is 3. The van der Waals surface area contributed by atoms with Crippen LogP contribution in [0.3, 0.4) is 0 Å². The van der Waals surface area contributed by atoms with Gasteiger partial charge in [0.05, 0.1) is 12.6 Å². The molecular formula is C23H23N5O3. The minimum atomic E-state index is -0.481. The molecule has 0 saturated heterocycles. The van der Waals surface area contributed by atoms with Crippen LogP contribution < -0.4 is 10.6 Å². The van der Waals surface area contributed by atoms with Crippen molar-refractivity contribution >= 4 is 28.8 Å². The van der Waals surface area contributed by atoms with E-state index < -0.39 is 5.91 Å². The number of imidazole rings is 1. The summed E-state index contributed by atoms with van der Waals surface area (Å²) in [5.41, 5.74) is 2.02. The summed E-state index contributed by atoms with van der Waals surface area (Å²) in [6, 6.07) is 11.1. The maximum Gasteiger partial charge on any atom is 0.291 e. The third-order valence-corrected chi connectivity index (χ3v) is 4.90. The van der Waals surface area contributed by atoms with Gasteiger partial charge in [-0.1, -0.05) is 18.2 Å². The molecule has 3 heterocycles. The Balaban J connectivity index is 1.53. The molecule has 0 aliphatic heterocycles. The number of furan rings is 1. The number of hydrogen-bond acceptors (Lipinski definition) is 4. The number of rotatable bonds is 8. The molecule has 0 bridgehead atoms. The Morgan fingerprint density at radius 1 is 1.19 bits per heavy atom. The van der Waals surface area contributed by atoms with E-state index in [0.717, 1.165) is 29.4 Å². The molecular weight excluding hydrogens is 394 g/mol. The number of aromatic nitrogens is 3. The Morgan fingerprint density at radius 2 is 2.06 bits per heavy atom. The Labute approximate surface area is 179 Å². The zero-order chi connectivity index (χ0) is 21.6. The lowest BCUT2D eigenvalue weighted by Crippen LogP contribution is -2.35. The van der Waals surface area contributed by atoms with Crippen LogP contribution in [0.1, 0.15) is 22.5 Å². The van der Waals surface area contributed by atoms with Crippen molar-refractivity contribution in [3.05, 3.63) is 84.6 Å². The molecule has 1 aromatic carbocycles. The number of carbonyl (C=O) groups is 2. The van der Waals surface area contributed by atoms with Crippen LogP contribution in [0.2, 0.25) is 0 Å². The van der Waals surface area contributed by atoms with Gasteiger partial charge in [-0.25, -0.2) is 4.98 Å². The lowest BCUT2D eigenvalue weighted by molar-refractivity contribution is -0.117. The highest BCUT2D eigenvalue weighted by molar-refractivity contribution is 6.05. The first kappa shape index (κ1) is 20.2. The number of nitrogens with one attached hydrogen (secondary N) is 2. The van der Waals surface area contributed by atoms with Crippen molar-refractivity contribution in [1.82, 2.24) is 24.8 Å². The fourth-order valence-electron chi connectivity index (χ4n) is 3.37. The van der Waals surface area contributed by atoms with Crippen LogP contribution in [0.5, 0.6) is 0 Å². The molecule has 2 N–H and O–H groups in total. The maximum absolute atomic E-state index is 12.9. The van der Waals surface area contributed by atoms with Crippen molar-refractivity contribution in [2.45, 2.75) is 13.0 Å². The van der Waals surface area contributed by atoms with Gasteiger partial charge >= 0.3 is 0 Å². The van der Waals surface area contributed by atoms with Crippen molar-refractivity contribution in [2.24, 2.45) is 7.05 Å². The first-order valence-electron chi connectivity index (χ1n) is 9.96. The summed E-state index contributed by atoms with van der Waals surface area (Å²) >= 11 is 0. The van der Waals surface area contributed by atoms with Crippen LogP contribution in [0.15, 0.2) is 77.7 Å². The molecule has 2 amide bonds. The zero-order valence-corrected chi connectivity index (χ0v) is 17.1. The smallest absolute Gasteiger partial charge is 0.291 e. The van der Waals surface area contributed by atoms with Crippen LogP contribution in [-0.4, -0.2) is 32.5 Å². The van der Waals surface area contributed by atoms with E-state index in [0.29, 0.717) is 6.54 Å². The SMILES string of the molecule is Cn1cc(/C=C(\NC(=O)c2ccco2)C(=O)NCCCn2ccnc2)c2ccccc21. The van der Waals surface area contributed by atoms with E-state index in [4.69, 9.17) is 4.42 Å². The van der Waals surface area contributed by atoms with Crippen LogP contribution in [-0.2, 0) is 18.4 Å². The first-order chi connectivity index (χ1) is 15.1. The minimum Gasteiger partial charge on any atom is -0.459 e. The van der Waals surface area contributed by atoms with Gasteiger partial charge in [-0.15, -0.1) is 0 Å². The van der Waals surface area contributed by atoms with Crippen molar-refractivity contribution in [3.8, 4) is 0 Å². The molecule has 4 aromatic rings. The second-order valence-corrected chi connectivity index (χ2v) is 7.11. The van der Waals surface area contributed by atoms with Crippen LogP contribution >= 0.6 is 0 Å². The monoisotopic (exact) mass is 417 g/mol. The standard InChI is InChI=1S/C23H23N5O3/c1-27-15-17(18-6-2-3-7-20(18)27)14-19(26-23(30)21-8-4-13-31-21)22(29)25-9-5-11-28-12-10-24-16-28/h2-4,6-8,10,12-16H,5,9,11H2,1H3,(H,25,29)(H,26,30)/b19-14-. The number of benzene rings is 1. The molecule has 0 aliphatic carbocycles. The van der Waals surface area contributed by atoms with E-state index in [1.54, 1.807) is 30.7 Å². The number of amides is 2. The van der Waals surface area contributed by atoms with Gasteiger partial charge in [0.2, 0.25) is 0 Å². The average Bonchev–Trinajstić information content (AvgIpc) is 3.54. The number of carbonyl (C=O) groups excluding carboxylic acids is 2. The summed E-state index contributed by atoms with van der Waals surface area (Å²) in [5, 5.41) is 6.55. The Bertz CT molecular complexity index is 1200. The molecule has 0 aliphatic rings. The zero-order valence-electron chi connectivity index (χ0n) is 17.1. The van der Waals surface area contributed by atoms with Gasteiger partial charge < -0.3 is 24.2 Å². The van der Waals surface area contributed by atoms with Gasteiger partial charge in [0, 0.05) is 55.2 Å². The molecule has 0 radical (unpaired) electrons. The van der Waals surface area contributed by atoms with Gasteiger partial charge in [-0.2, -0.15) is 0 Å². The van der Waals surface area contributed by atoms with Gasteiger partial charge in [-0.05, 0) is 30.7 Å². The van der Waals surface area contributed by atoms with Crippen LogP contribution in [0, 0.1) is 0 Å². The first-order valence-corrected chi connectivity index (χ1v) is 9.96. The van der Waals surface area contributed by atoms with E-state index in [1.807, 2.05) is 52.8 Å². The molecule has 0 atom stereocenters. The molecule has 31 heavy (non-hydrogen) atoms. The van der Waals surface area contributed by atoms with E-state index >= 15 is 0 Å². The third-order valence-electron chi connectivity index (χ3n) is 4.90. The van der Waals surface area contributed by atoms with E-state index in [-0.39, 0.29) is 17.4 Å². The predicted octanol–water partition coefficient (Wildman–Crippen LogP) is 2.95. The minimum absolute atomic E-state index is 0.136. The Morgan fingerprint density at radius 3 is 2.84 bits per heavy atom. The second kappa shape index (κ2) is 9.17. The summed E-state index contributed by atoms with van der Waals surface area (Å²) in [6.07, 6.45) is 11.1. The molecule has 8 heteroatoms. The van der Waals surface area contributed by atoms with Gasteiger partial charge in [0.15, 0.2) is 5.76 Å². The highest BCUT2D eigenvalue weighted by Gasteiger charge is 2.17. The molecule has 8 nitrogen and oxygen atoms in total. The number of hydrogen-bond donors (Lipinski definition) is 2.